The minimum Gasteiger partial charge on any atom is -0.376 e. The average Bonchev–Trinajstić information content (AvgIpc) is 2.66. The molecule has 0 aliphatic heterocycles. The Bertz CT molecular complexity index is 783. The Morgan fingerprint density at radius 1 is 0.846 bits per heavy atom. The Labute approximate surface area is 152 Å². The van der Waals surface area contributed by atoms with E-state index in [0.717, 1.165) is 5.69 Å². The van der Waals surface area contributed by atoms with E-state index < -0.39 is 0 Å². The third-order valence-electron chi connectivity index (χ3n) is 3.65. The summed E-state index contributed by atoms with van der Waals surface area (Å²) in [4.78, 5) is 36.8. The summed E-state index contributed by atoms with van der Waals surface area (Å²) >= 11 is 0. The zero-order chi connectivity index (χ0) is 19.1. The van der Waals surface area contributed by atoms with Crippen LogP contribution in [0.25, 0.3) is 0 Å². The maximum atomic E-state index is 12.0. The molecule has 3 N–H and O–H groups in total. The molecule has 2 rings (SSSR count). The van der Waals surface area contributed by atoms with Crippen molar-refractivity contribution in [3.63, 3.8) is 0 Å². The summed E-state index contributed by atoms with van der Waals surface area (Å²) in [6, 6.07) is 13.5. The molecule has 0 radical (unpaired) electrons. The smallest absolute Gasteiger partial charge is 0.253 e. The lowest BCUT2D eigenvalue weighted by Gasteiger charge is -2.11. The van der Waals surface area contributed by atoms with Gasteiger partial charge in [0.05, 0.1) is 6.54 Å². The highest BCUT2D eigenvalue weighted by atomic mass is 16.2. The van der Waals surface area contributed by atoms with Crippen molar-refractivity contribution in [3.05, 3.63) is 59.7 Å². The Kier molecular flexibility index (Phi) is 6.32. The molecule has 2 aromatic rings. The number of nitrogens with zero attached hydrogens (tertiary/aromatic N) is 1. The average molecular weight is 354 g/mol. The quantitative estimate of drug-likeness (QED) is 0.738. The number of carbonyl (C=O) groups is 3. The van der Waals surface area contributed by atoms with Crippen molar-refractivity contribution in [2.45, 2.75) is 0 Å². The first kappa shape index (κ1) is 19.0. The van der Waals surface area contributed by atoms with Crippen molar-refractivity contribution in [2.24, 2.45) is 0 Å². The van der Waals surface area contributed by atoms with Gasteiger partial charge in [-0.15, -0.1) is 0 Å². The van der Waals surface area contributed by atoms with Gasteiger partial charge >= 0.3 is 0 Å². The lowest BCUT2D eigenvalue weighted by molar-refractivity contribution is -0.114. The van der Waals surface area contributed by atoms with Gasteiger partial charge < -0.3 is 20.9 Å². The Morgan fingerprint density at radius 2 is 1.38 bits per heavy atom. The fourth-order valence-electron chi connectivity index (χ4n) is 2.23. The van der Waals surface area contributed by atoms with Crippen LogP contribution >= 0.6 is 0 Å². The van der Waals surface area contributed by atoms with Crippen molar-refractivity contribution in [3.8, 4) is 0 Å². The number of nitrogens with one attached hydrogen (secondary N) is 3. The largest absolute Gasteiger partial charge is 0.376 e. The van der Waals surface area contributed by atoms with E-state index in [9.17, 15) is 14.4 Å². The van der Waals surface area contributed by atoms with Crippen LogP contribution in [-0.2, 0) is 4.79 Å². The highest BCUT2D eigenvalue weighted by molar-refractivity contribution is 5.97. The molecule has 0 bridgehead atoms. The SMILES string of the molecule is CNC(=O)c1ccc(NC(=O)CNc2ccc(C(=O)N(C)C)cc2)cc1. The summed E-state index contributed by atoms with van der Waals surface area (Å²) < 4.78 is 0. The first-order chi connectivity index (χ1) is 12.4. The maximum Gasteiger partial charge on any atom is 0.253 e. The van der Waals surface area contributed by atoms with Crippen LogP contribution < -0.4 is 16.0 Å². The second kappa shape index (κ2) is 8.66. The van der Waals surface area contributed by atoms with Gasteiger partial charge in [0.1, 0.15) is 0 Å². The van der Waals surface area contributed by atoms with Crippen molar-refractivity contribution in [1.82, 2.24) is 10.2 Å². The number of rotatable bonds is 6. The molecule has 0 heterocycles. The monoisotopic (exact) mass is 354 g/mol. The number of carbonyl (C=O) groups excluding carboxylic acids is 3. The zero-order valence-electron chi connectivity index (χ0n) is 15.0. The minimum absolute atomic E-state index is 0.0745. The normalized spacial score (nSPS) is 9.96. The Hall–Kier alpha value is -3.35. The summed E-state index contributed by atoms with van der Waals surface area (Å²) in [5.41, 5.74) is 2.46. The van der Waals surface area contributed by atoms with Crippen LogP contribution in [0.1, 0.15) is 20.7 Å². The van der Waals surface area contributed by atoms with E-state index in [1.54, 1.807) is 69.7 Å². The van der Waals surface area contributed by atoms with Gasteiger partial charge in [-0.1, -0.05) is 0 Å². The molecule has 0 aliphatic carbocycles. The van der Waals surface area contributed by atoms with Gasteiger partial charge in [-0.05, 0) is 48.5 Å². The molecule has 0 fully saturated rings. The van der Waals surface area contributed by atoms with E-state index in [4.69, 9.17) is 0 Å². The van der Waals surface area contributed by atoms with Gasteiger partial charge in [0.15, 0.2) is 0 Å². The second-order valence-corrected chi connectivity index (χ2v) is 5.84. The van der Waals surface area contributed by atoms with Gasteiger partial charge in [0.2, 0.25) is 5.91 Å². The summed E-state index contributed by atoms with van der Waals surface area (Å²) in [7, 11) is 4.95. The molecule has 0 atom stereocenters. The number of benzene rings is 2. The third-order valence-corrected chi connectivity index (χ3v) is 3.65. The van der Waals surface area contributed by atoms with Crippen LogP contribution in [0.5, 0.6) is 0 Å². The van der Waals surface area contributed by atoms with Crippen molar-refractivity contribution >= 4 is 29.1 Å². The van der Waals surface area contributed by atoms with E-state index in [0.29, 0.717) is 16.8 Å². The van der Waals surface area contributed by atoms with E-state index >= 15 is 0 Å². The second-order valence-electron chi connectivity index (χ2n) is 5.84. The molecular weight excluding hydrogens is 332 g/mol. The van der Waals surface area contributed by atoms with Crippen LogP contribution in [0, 0.1) is 0 Å². The molecule has 0 aromatic heterocycles. The van der Waals surface area contributed by atoms with Gasteiger partial charge in [0, 0.05) is 43.6 Å². The van der Waals surface area contributed by atoms with Gasteiger partial charge in [-0.25, -0.2) is 0 Å². The lowest BCUT2D eigenvalue weighted by Crippen LogP contribution is -2.23. The topological polar surface area (TPSA) is 90.5 Å². The molecule has 136 valence electrons. The van der Waals surface area contributed by atoms with Crippen LogP contribution in [0.15, 0.2) is 48.5 Å². The summed E-state index contributed by atoms with van der Waals surface area (Å²) in [5, 5.41) is 8.28. The Morgan fingerprint density at radius 3 is 1.92 bits per heavy atom. The fourth-order valence-corrected chi connectivity index (χ4v) is 2.23. The first-order valence-electron chi connectivity index (χ1n) is 8.08. The lowest BCUT2D eigenvalue weighted by atomic mass is 10.2. The Balaban J connectivity index is 1.86. The molecule has 26 heavy (non-hydrogen) atoms. The van der Waals surface area contributed by atoms with Crippen LogP contribution in [-0.4, -0.2) is 50.3 Å². The number of anilines is 2. The third kappa shape index (κ3) is 5.07. The van der Waals surface area contributed by atoms with Crippen molar-refractivity contribution < 1.29 is 14.4 Å². The van der Waals surface area contributed by atoms with Crippen LogP contribution in [0.3, 0.4) is 0 Å². The van der Waals surface area contributed by atoms with E-state index in [1.807, 2.05) is 0 Å². The molecular formula is C19H22N4O3. The molecule has 7 nitrogen and oxygen atoms in total. The fraction of sp³-hybridized carbons (Fsp3) is 0.211. The molecule has 3 amide bonds. The zero-order valence-corrected chi connectivity index (χ0v) is 15.0. The highest BCUT2D eigenvalue weighted by Gasteiger charge is 2.08. The summed E-state index contributed by atoms with van der Waals surface area (Å²) in [6.07, 6.45) is 0. The first-order valence-corrected chi connectivity index (χ1v) is 8.08. The maximum absolute atomic E-state index is 12.0. The molecule has 0 aliphatic rings. The van der Waals surface area contributed by atoms with Gasteiger partial charge in [-0.3, -0.25) is 14.4 Å². The summed E-state index contributed by atoms with van der Waals surface area (Å²) in [6.45, 7) is 0.0815. The number of amides is 3. The van der Waals surface area contributed by atoms with Gasteiger partial charge in [-0.2, -0.15) is 0 Å². The molecule has 0 spiro atoms. The van der Waals surface area contributed by atoms with Crippen molar-refractivity contribution in [2.75, 3.05) is 38.3 Å². The van der Waals surface area contributed by atoms with E-state index in [-0.39, 0.29) is 24.3 Å². The molecule has 0 saturated heterocycles. The van der Waals surface area contributed by atoms with Crippen LogP contribution in [0.4, 0.5) is 11.4 Å². The highest BCUT2D eigenvalue weighted by Crippen LogP contribution is 2.12. The number of hydrogen-bond donors (Lipinski definition) is 3. The predicted octanol–water partition coefficient (Wildman–Crippen LogP) is 1.80. The van der Waals surface area contributed by atoms with E-state index in [2.05, 4.69) is 16.0 Å². The number of hydrogen-bond acceptors (Lipinski definition) is 4. The molecule has 7 heteroatoms. The standard InChI is InChI=1S/C19H22N4O3/c1-20-18(25)13-4-10-16(11-5-13)22-17(24)12-21-15-8-6-14(7-9-15)19(26)23(2)3/h4-11,21H,12H2,1-3H3,(H,20,25)(H,22,24). The van der Waals surface area contributed by atoms with Crippen molar-refractivity contribution in [1.29, 1.82) is 0 Å². The van der Waals surface area contributed by atoms with Crippen LogP contribution in [0.2, 0.25) is 0 Å². The molecule has 0 saturated carbocycles. The predicted molar refractivity (Wildman–Crippen MR) is 101 cm³/mol. The molecule has 2 aromatic carbocycles. The minimum atomic E-state index is -0.217. The summed E-state index contributed by atoms with van der Waals surface area (Å²) in [5.74, 6) is -0.471. The van der Waals surface area contributed by atoms with Gasteiger partial charge in [0.25, 0.3) is 11.8 Å². The molecule has 0 unspecified atom stereocenters. The van der Waals surface area contributed by atoms with E-state index in [1.165, 1.54) is 4.90 Å².